The number of hydrogen-bond acceptors (Lipinski definition) is 4. The minimum atomic E-state index is 0.619. The Kier molecular flexibility index (Phi) is 6.83. The SMILES string of the molecule is c1ccc(-c2nc(-c3ccccc3)nc(-c3cccc(-n4c5ccccc5c5cc6c7ccc8oc9ccccc9c8c7n(-c7ccccc7)c6cc54)c3)n2)cc1. The molecule has 12 aromatic rings. The summed E-state index contributed by atoms with van der Waals surface area (Å²) in [7, 11) is 0. The highest BCUT2D eigenvalue weighted by molar-refractivity contribution is 6.27. The van der Waals surface area contributed by atoms with Gasteiger partial charge < -0.3 is 13.6 Å². The maximum atomic E-state index is 6.43. The van der Waals surface area contributed by atoms with Crippen LogP contribution < -0.4 is 0 Å². The van der Waals surface area contributed by atoms with E-state index < -0.39 is 0 Å². The number of hydrogen-bond donors (Lipinski definition) is 0. The molecule has 0 spiro atoms. The van der Waals surface area contributed by atoms with E-state index in [4.69, 9.17) is 19.4 Å². The van der Waals surface area contributed by atoms with Crippen LogP contribution in [0.25, 0.3) is 111 Å². The molecule has 0 aliphatic rings. The van der Waals surface area contributed by atoms with Crippen LogP contribution in [0.1, 0.15) is 0 Å². The van der Waals surface area contributed by atoms with Gasteiger partial charge in [-0.25, -0.2) is 15.0 Å². The van der Waals surface area contributed by atoms with Gasteiger partial charge >= 0.3 is 0 Å². The lowest BCUT2D eigenvalue weighted by atomic mass is 10.1. The fourth-order valence-corrected chi connectivity index (χ4v) is 8.62. The van der Waals surface area contributed by atoms with Gasteiger partial charge in [-0.2, -0.15) is 0 Å². The van der Waals surface area contributed by atoms with Gasteiger partial charge in [-0.3, -0.25) is 0 Å². The van der Waals surface area contributed by atoms with Crippen molar-refractivity contribution in [1.82, 2.24) is 24.1 Å². The second-order valence-electron chi connectivity index (χ2n) is 14.4. The van der Waals surface area contributed by atoms with Crippen LogP contribution in [0.3, 0.4) is 0 Å². The first kappa shape index (κ1) is 31.5. The summed E-state index contributed by atoms with van der Waals surface area (Å²) in [4.78, 5) is 15.0. The summed E-state index contributed by atoms with van der Waals surface area (Å²) >= 11 is 0. The van der Waals surface area contributed by atoms with Gasteiger partial charge in [0.15, 0.2) is 17.5 Å². The highest BCUT2D eigenvalue weighted by atomic mass is 16.3. The normalized spacial score (nSPS) is 11.9. The molecule has 0 amide bonds. The first-order chi connectivity index (χ1) is 28.3. The van der Waals surface area contributed by atoms with Crippen molar-refractivity contribution in [2.45, 2.75) is 0 Å². The first-order valence-electron chi connectivity index (χ1n) is 19.1. The van der Waals surface area contributed by atoms with Gasteiger partial charge in [0.05, 0.1) is 27.5 Å². The van der Waals surface area contributed by atoms with Crippen molar-refractivity contribution in [1.29, 1.82) is 0 Å². The predicted octanol–water partition coefficient (Wildman–Crippen LogP) is 13.0. The van der Waals surface area contributed by atoms with Crippen LogP contribution in [-0.4, -0.2) is 24.1 Å². The number of para-hydroxylation sites is 3. The van der Waals surface area contributed by atoms with Crippen LogP contribution >= 0.6 is 0 Å². The Morgan fingerprint density at radius 3 is 1.63 bits per heavy atom. The second kappa shape index (κ2) is 12.3. The van der Waals surface area contributed by atoms with Crippen molar-refractivity contribution < 1.29 is 4.42 Å². The Morgan fingerprint density at radius 1 is 0.333 bits per heavy atom. The van der Waals surface area contributed by atoms with Gasteiger partial charge in [-0.15, -0.1) is 0 Å². The topological polar surface area (TPSA) is 61.7 Å². The lowest BCUT2D eigenvalue weighted by molar-refractivity contribution is 0.669. The molecule has 12 rings (SSSR count). The molecule has 0 aliphatic carbocycles. The zero-order valence-electron chi connectivity index (χ0n) is 30.5. The molecule has 4 aromatic heterocycles. The summed E-state index contributed by atoms with van der Waals surface area (Å²) in [6.07, 6.45) is 0. The fourth-order valence-electron chi connectivity index (χ4n) is 8.62. The van der Waals surface area contributed by atoms with Crippen LogP contribution in [-0.2, 0) is 0 Å². The Bertz CT molecular complexity index is 3450. The number of fused-ring (bicyclic) bond motifs is 10. The molecule has 6 heteroatoms. The molecule has 0 fully saturated rings. The Labute approximate surface area is 326 Å². The quantitative estimate of drug-likeness (QED) is 0.177. The van der Waals surface area contributed by atoms with Gasteiger partial charge in [0, 0.05) is 55.0 Å². The molecule has 0 saturated carbocycles. The molecule has 0 atom stereocenters. The molecule has 57 heavy (non-hydrogen) atoms. The lowest BCUT2D eigenvalue weighted by Crippen LogP contribution is -2.01. The summed E-state index contributed by atoms with van der Waals surface area (Å²) in [5, 5.41) is 6.98. The third-order valence-electron chi connectivity index (χ3n) is 11.1. The second-order valence-corrected chi connectivity index (χ2v) is 14.4. The Hall–Kier alpha value is -7.83. The maximum Gasteiger partial charge on any atom is 0.164 e. The third kappa shape index (κ3) is 4.87. The average molecular weight is 730 g/mol. The van der Waals surface area contributed by atoms with Crippen molar-refractivity contribution in [3.05, 3.63) is 188 Å². The largest absolute Gasteiger partial charge is 0.456 e. The fraction of sp³-hybridized carbons (Fsp3) is 0. The molecular formula is C51H31N5O. The number of nitrogens with zero attached hydrogens (tertiary/aromatic N) is 5. The zero-order chi connectivity index (χ0) is 37.5. The lowest BCUT2D eigenvalue weighted by Gasteiger charge is -2.12. The van der Waals surface area contributed by atoms with E-state index >= 15 is 0 Å². The predicted molar refractivity (Wildman–Crippen MR) is 232 cm³/mol. The van der Waals surface area contributed by atoms with Crippen molar-refractivity contribution in [2.24, 2.45) is 0 Å². The van der Waals surface area contributed by atoms with Crippen molar-refractivity contribution >= 4 is 65.6 Å². The van der Waals surface area contributed by atoms with Gasteiger partial charge in [0.2, 0.25) is 0 Å². The highest BCUT2D eigenvalue weighted by Crippen LogP contribution is 2.44. The van der Waals surface area contributed by atoms with Gasteiger partial charge in [0.25, 0.3) is 0 Å². The summed E-state index contributed by atoms with van der Waals surface area (Å²) in [6.45, 7) is 0. The van der Waals surface area contributed by atoms with E-state index in [0.717, 1.165) is 72.1 Å². The summed E-state index contributed by atoms with van der Waals surface area (Å²) in [5.74, 6) is 1.89. The Morgan fingerprint density at radius 2 is 0.895 bits per heavy atom. The zero-order valence-corrected chi connectivity index (χ0v) is 30.5. The van der Waals surface area contributed by atoms with Crippen LogP contribution in [0.4, 0.5) is 0 Å². The number of rotatable bonds is 5. The number of aromatic nitrogens is 5. The van der Waals surface area contributed by atoms with Crippen LogP contribution in [0.5, 0.6) is 0 Å². The van der Waals surface area contributed by atoms with Crippen LogP contribution in [0, 0.1) is 0 Å². The minimum absolute atomic E-state index is 0.619. The van der Waals surface area contributed by atoms with E-state index in [2.05, 4.69) is 130 Å². The molecule has 0 unspecified atom stereocenters. The van der Waals surface area contributed by atoms with Gasteiger partial charge in [0.1, 0.15) is 11.2 Å². The molecule has 0 N–H and O–H groups in total. The van der Waals surface area contributed by atoms with Crippen molar-refractivity contribution in [3.8, 4) is 45.5 Å². The highest BCUT2D eigenvalue weighted by Gasteiger charge is 2.22. The molecular weight excluding hydrogens is 699 g/mol. The summed E-state index contributed by atoms with van der Waals surface area (Å²) in [6, 6.07) is 65.5. The van der Waals surface area contributed by atoms with E-state index in [9.17, 15) is 0 Å². The van der Waals surface area contributed by atoms with Crippen LogP contribution in [0.15, 0.2) is 192 Å². The van der Waals surface area contributed by atoms with E-state index in [1.54, 1.807) is 0 Å². The summed E-state index contributed by atoms with van der Waals surface area (Å²) < 4.78 is 11.2. The summed E-state index contributed by atoms with van der Waals surface area (Å²) in [5.41, 5.74) is 11.2. The minimum Gasteiger partial charge on any atom is -0.456 e. The standard InChI is InChI=1S/C51H31N5O/c1-4-15-32(16-5-1)49-52-50(33-17-6-2-7-18-33)54-51(53-49)34-19-14-22-36(29-34)55-42-25-12-10-23-37(42)40-30-41-38-27-28-46-47(39-24-11-13-26-45(39)57-46)48(38)56(44(41)31-43(40)55)35-20-8-3-9-21-35/h1-31H. The van der Waals surface area contributed by atoms with Crippen molar-refractivity contribution in [2.75, 3.05) is 0 Å². The molecule has 266 valence electrons. The molecule has 0 aliphatic heterocycles. The van der Waals surface area contributed by atoms with E-state index in [1.165, 1.54) is 21.5 Å². The number of furan rings is 1. The first-order valence-corrected chi connectivity index (χ1v) is 19.1. The third-order valence-corrected chi connectivity index (χ3v) is 11.1. The molecule has 0 saturated heterocycles. The molecule has 4 heterocycles. The van der Waals surface area contributed by atoms with Gasteiger partial charge in [-0.1, -0.05) is 127 Å². The molecule has 0 radical (unpaired) electrons. The van der Waals surface area contributed by atoms with E-state index in [1.807, 2.05) is 66.7 Å². The maximum absolute atomic E-state index is 6.43. The smallest absolute Gasteiger partial charge is 0.164 e. The molecule has 0 bridgehead atoms. The van der Waals surface area contributed by atoms with E-state index in [0.29, 0.717) is 17.5 Å². The van der Waals surface area contributed by atoms with Crippen molar-refractivity contribution in [3.63, 3.8) is 0 Å². The monoisotopic (exact) mass is 729 g/mol. The average Bonchev–Trinajstić information content (AvgIpc) is 3.93. The van der Waals surface area contributed by atoms with Crippen LogP contribution in [0.2, 0.25) is 0 Å². The molecule has 8 aromatic carbocycles. The van der Waals surface area contributed by atoms with Gasteiger partial charge in [-0.05, 0) is 60.7 Å². The Balaban J connectivity index is 1.13. The van der Waals surface area contributed by atoms with E-state index in [-0.39, 0.29) is 0 Å². The number of benzene rings is 8. The molecule has 6 nitrogen and oxygen atoms in total.